The Morgan fingerprint density at radius 1 is 1.42 bits per heavy atom. The van der Waals surface area contributed by atoms with Gasteiger partial charge in [-0.1, -0.05) is 52.3 Å². The van der Waals surface area contributed by atoms with E-state index in [2.05, 4.69) is 22.5 Å². The number of benzene rings is 1. The van der Waals surface area contributed by atoms with Crippen LogP contribution in [0.25, 0.3) is 0 Å². The molecule has 0 bridgehead atoms. The van der Waals surface area contributed by atoms with Gasteiger partial charge in [-0.25, -0.2) is 0 Å². The maximum atomic E-state index is 5.96. The van der Waals surface area contributed by atoms with Crippen molar-refractivity contribution in [3.63, 3.8) is 0 Å². The van der Waals surface area contributed by atoms with Crippen LogP contribution in [0.15, 0.2) is 35.3 Å². The van der Waals surface area contributed by atoms with Gasteiger partial charge in [0.2, 0.25) is 0 Å². The molecule has 64 valence electrons. The topological polar surface area (TPSA) is 0 Å². The van der Waals surface area contributed by atoms with Crippen LogP contribution in [-0.2, 0) is 6.42 Å². The fourth-order valence-electron chi connectivity index (χ4n) is 0.971. The van der Waals surface area contributed by atoms with E-state index in [9.17, 15) is 0 Å². The normalized spacial score (nSPS) is 9.83. The quantitative estimate of drug-likeness (QED) is 0.749. The molecule has 0 fully saturated rings. The van der Waals surface area contributed by atoms with Crippen LogP contribution in [0.5, 0.6) is 0 Å². The molecule has 0 saturated carbocycles. The Bertz CT molecular complexity index is 281. The van der Waals surface area contributed by atoms with Crippen LogP contribution in [0.3, 0.4) is 0 Å². The highest BCUT2D eigenvalue weighted by atomic mass is 79.9. The summed E-state index contributed by atoms with van der Waals surface area (Å²) in [6, 6.07) is 7.89. The minimum Gasteiger partial charge on any atom is -0.0888 e. The Kier molecular flexibility index (Phi) is 3.83. The summed E-state index contributed by atoms with van der Waals surface area (Å²) in [6.45, 7) is 3.77. The zero-order valence-corrected chi connectivity index (χ0v) is 9.03. The smallest absolute Gasteiger partial charge is 0.0438 e. The van der Waals surface area contributed by atoms with Crippen molar-refractivity contribution in [3.05, 3.63) is 45.9 Å². The lowest BCUT2D eigenvalue weighted by Gasteiger charge is -2.01. The average molecular weight is 246 g/mol. The monoisotopic (exact) mass is 244 g/mol. The predicted octanol–water partition coefficient (Wildman–Crippen LogP) is 4.18. The summed E-state index contributed by atoms with van der Waals surface area (Å²) < 4.78 is 1.02. The van der Waals surface area contributed by atoms with Crippen molar-refractivity contribution in [1.82, 2.24) is 0 Å². The van der Waals surface area contributed by atoms with Crippen molar-refractivity contribution >= 4 is 27.5 Å². The zero-order chi connectivity index (χ0) is 8.97. The summed E-state index contributed by atoms with van der Waals surface area (Å²) in [5.74, 6) is 0. The molecular formula is C10H10BrCl. The molecule has 0 spiro atoms. The maximum absolute atomic E-state index is 5.96. The minimum atomic E-state index is 0.839. The van der Waals surface area contributed by atoms with Crippen LogP contribution in [0.2, 0.25) is 5.02 Å². The summed E-state index contributed by atoms with van der Waals surface area (Å²) in [4.78, 5) is 0. The van der Waals surface area contributed by atoms with Gasteiger partial charge < -0.3 is 0 Å². The van der Waals surface area contributed by atoms with Gasteiger partial charge in [-0.2, -0.15) is 0 Å². The van der Waals surface area contributed by atoms with Gasteiger partial charge in [0, 0.05) is 5.02 Å². The highest BCUT2D eigenvalue weighted by Gasteiger charge is 1.98. The summed E-state index contributed by atoms with van der Waals surface area (Å²) in [5, 5.41) is 0.839. The van der Waals surface area contributed by atoms with Crippen molar-refractivity contribution < 1.29 is 0 Å². The van der Waals surface area contributed by atoms with Crippen LogP contribution in [0, 0.1) is 0 Å². The summed E-state index contributed by atoms with van der Waals surface area (Å²) in [7, 11) is 0. The molecule has 1 aromatic rings. The third kappa shape index (κ3) is 3.00. The summed E-state index contributed by atoms with van der Waals surface area (Å²) in [6.07, 6.45) is 1.88. The van der Waals surface area contributed by atoms with E-state index < -0.39 is 0 Å². The van der Waals surface area contributed by atoms with E-state index in [1.165, 1.54) is 5.56 Å². The first-order valence-electron chi connectivity index (χ1n) is 3.77. The molecule has 0 atom stereocenters. The number of hydrogen-bond donors (Lipinski definition) is 0. The second-order valence-electron chi connectivity index (χ2n) is 2.61. The number of aryl methyl sites for hydroxylation is 1. The van der Waals surface area contributed by atoms with Gasteiger partial charge in [-0.3, -0.25) is 0 Å². The van der Waals surface area contributed by atoms with Gasteiger partial charge in [0.25, 0.3) is 0 Å². The highest BCUT2D eigenvalue weighted by Crippen LogP contribution is 2.19. The van der Waals surface area contributed by atoms with E-state index >= 15 is 0 Å². The first-order chi connectivity index (χ1) is 5.70. The molecule has 0 aromatic heterocycles. The highest BCUT2D eigenvalue weighted by molar-refractivity contribution is 9.11. The van der Waals surface area contributed by atoms with Crippen LogP contribution < -0.4 is 0 Å². The molecule has 2 heteroatoms. The molecule has 0 unspecified atom stereocenters. The fourth-order valence-corrected chi connectivity index (χ4v) is 1.40. The van der Waals surface area contributed by atoms with Crippen LogP contribution in [0.4, 0.5) is 0 Å². The Hall–Kier alpha value is -0.270. The van der Waals surface area contributed by atoms with E-state index in [1.54, 1.807) is 0 Å². The van der Waals surface area contributed by atoms with Crippen molar-refractivity contribution in [2.75, 3.05) is 0 Å². The molecule has 12 heavy (non-hydrogen) atoms. The number of halogens is 2. The van der Waals surface area contributed by atoms with E-state index in [0.717, 1.165) is 22.3 Å². The molecule has 1 aromatic carbocycles. The Morgan fingerprint density at radius 2 is 2.08 bits per heavy atom. The van der Waals surface area contributed by atoms with Gasteiger partial charge in [-0.05, 0) is 29.0 Å². The van der Waals surface area contributed by atoms with Crippen molar-refractivity contribution in [2.45, 2.75) is 12.8 Å². The molecule has 0 nitrogen and oxygen atoms in total. The molecule has 0 amide bonds. The number of allylic oxidation sites excluding steroid dienone is 1. The van der Waals surface area contributed by atoms with Gasteiger partial charge in [0.1, 0.15) is 0 Å². The van der Waals surface area contributed by atoms with Crippen molar-refractivity contribution in [3.8, 4) is 0 Å². The molecule has 0 aliphatic carbocycles. The van der Waals surface area contributed by atoms with Gasteiger partial charge >= 0.3 is 0 Å². The molecule has 0 aliphatic heterocycles. The van der Waals surface area contributed by atoms with Crippen LogP contribution >= 0.6 is 27.5 Å². The molecule has 0 N–H and O–H groups in total. The Labute approximate surface area is 86.4 Å². The lowest BCUT2D eigenvalue weighted by atomic mass is 10.1. The fraction of sp³-hybridized carbons (Fsp3) is 0.200. The number of rotatable bonds is 3. The third-order valence-electron chi connectivity index (χ3n) is 1.62. The minimum absolute atomic E-state index is 0.839. The standard InChI is InChI=1S/C10H10BrCl/c1-8(11)6-7-9-4-2-3-5-10(9)12/h2-5H,1,6-7H2. The summed E-state index contributed by atoms with van der Waals surface area (Å²) in [5.41, 5.74) is 1.18. The average Bonchev–Trinajstić information content (AvgIpc) is 2.03. The molecule has 0 aliphatic rings. The van der Waals surface area contributed by atoms with E-state index in [-0.39, 0.29) is 0 Å². The van der Waals surface area contributed by atoms with E-state index in [1.807, 2.05) is 24.3 Å². The third-order valence-corrected chi connectivity index (χ3v) is 2.39. The molecule has 0 saturated heterocycles. The predicted molar refractivity (Wildman–Crippen MR) is 57.8 cm³/mol. The van der Waals surface area contributed by atoms with Crippen LogP contribution in [-0.4, -0.2) is 0 Å². The lowest BCUT2D eigenvalue weighted by molar-refractivity contribution is 0.996. The zero-order valence-electron chi connectivity index (χ0n) is 6.69. The number of hydrogen-bond acceptors (Lipinski definition) is 0. The molecule has 0 heterocycles. The van der Waals surface area contributed by atoms with E-state index in [0.29, 0.717) is 0 Å². The molecule has 0 radical (unpaired) electrons. The van der Waals surface area contributed by atoms with Gasteiger partial charge in [0.05, 0.1) is 0 Å². The Morgan fingerprint density at radius 3 is 2.67 bits per heavy atom. The van der Waals surface area contributed by atoms with Crippen LogP contribution in [0.1, 0.15) is 12.0 Å². The Balaban J connectivity index is 2.63. The second kappa shape index (κ2) is 4.68. The molecule has 1 rings (SSSR count). The largest absolute Gasteiger partial charge is 0.0888 e. The van der Waals surface area contributed by atoms with Crippen molar-refractivity contribution in [1.29, 1.82) is 0 Å². The lowest BCUT2D eigenvalue weighted by Crippen LogP contribution is -1.85. The SMILES string of the molecule is C=C(Br)CCc1ccccc1Cl. The van der Waals surface area contributed by atoms with E-state index in [4.69, 9.17) is 11.6 Å². The van der Waals surface area contributed by atoms with Crippen molar-refractivity contribution in [2.24, 2.45) is 0 Å². The van der Waals surface area contributed by atoms with Gasteiger partial charge in [-0.15, -0.1) is 0 Å². The first kappa shape index (κ1) is 9.82. The van der Waals surface area contributed by atoms with Gasteiger partial charge in [0.15, 0.2) is 0 Å². The second-order valence-corrected chi connectivity index (χ2v) is 4.14. The first-order valence-corrected chi connectivity index (χ1v) is 4.94. The molecular weight excluding hydrogens is 235 g/mol. The maximum Gasteiger partial charge on any atom is 0.0438 e. The summed E-state index contributed by atoms with van der Waals surface area (Å²) >= 11 is 9.28.